The molecule has 0 aliphatic carbocycles. The number of rotatable bonds is 9. The largest absolute Gasteiger partial charge is 0.477 e. The second kappa shape index (κ2) is 11.0. The number of fused-ring (bicyclic) bond motifs is 5. The van der Waals surface area contributed by atoms with Crippen molar-refractivity contribution in [3.8, 4) is 11.8 Å². The number of aliphatic hydroxyl groups is 1. The number of carbonyl (C=O) groups excluding carboxylic acids is 2. The zero-order valence-corrected chi connectivity index (χ0v) is 25.5. The summed E-state index contributed by atoms with van der Waals surface area (Å²) in [5.74, 6) is 4.02. The van der Waals surface area contributed by atoms with Crippen molar-refractivity contribution in [1.29, 1.82) is 0 Å². The van der Waals surface area contributed by atoms with Crippen molar-refractivity contribution >= 4 is 51.1 Å². The average molecular weight is 612 g/mol. The van der Waals surface area contributed by atoms with Crippen LogP contribution in [-0.2, 0) is 20.8 Å². The van der Waals surface area contributed by atoms with Gasteiger partial charge in [0.15, 0.2) is 10.9 Å². The Morgan fingerprint density at radius 1 is 1.21 bits per heavy atom. The molecule has 3 unspecified atom stereocenters. The third-order valence-corrected chi connectivity index (χ3v) is 11.9. The Balaban J connectivity index is 1.07. The van der Waals surface area contributed by atoms with Crippen LogP contribution in [0.25, 0.3) is 10.2 Å². The lowest BCUT2D eigenvalue weighted by Gasteiger charge is -2.55. The molecule has 1 aromatic carbocycles. The van der Waals surface area contributed by atoms with Gasteiger partial charge < -0.3 is 29.8 Å². The number of quaternary nitrogens is 2. The van der Waals surface area contributed by atoms with Crippen molar-refractivity contribution in [2.45, 2.75) is 36.8 Å². The zero-order valence-electron chi connectivity index (χ0n) is 23.9. The Morgan fingerprint density at radius 2 is 1.90 bits per heavy atom. The topological polar surface area (TPSA) is 134 Å². The summed E-state index contributed by atoms with van der Waals surface area (Å²) in [6.07, 6.45) is 0.161. The summed E-state index contributed by atoms with van der Waals surface area (Å²) in [6, 6.07) is 6.17. The number of hydrogen-bond donors (Lipinski definition) is 3. The highest BCUT2D eigenvalue weighted by atomic mass is 32.2. The summed E-state index contributed by atoms with van der Waals surface area (Å²) in [4.78, 5) is 42.1. The molecule has 42 heavy (non-hydrogen) atoms. The van der Waals surface area contributed by atoms with E-state index in [4.69, 9.17) is 10.7 Å². The van der Waals surface area contributed by atoms with Crippen molar-refractivity contribution in [1.82, 2.24) is 9.88 Å². The minimum absolute atomic E-state index is 0.0527. The molecule has 4 N–H and O–H groups in total. The van der Waals surface area contributed by atoms with Crippen LogP contribution in [0.4, 0.5) is 0 Å². The number of nitrogens with zero attached hydrogens (tertiary/aromatic N) is 4. The fraction of sp³-hybridized carbons (Fsp3) is 0.533. The molecule has 12 heteroatoms. The van der Waals surface area contributed by atoms with Crippen LogP contribution in [0, 0.1) is 23.7 Å². The number of thioether (sulfide) groups is 1. The number of piperazine rings is 3. The summed E-state index contributed by atoms with van der Waals surface area (Å²) < 4.78 is 4.02. The van der Waals surface area contributed by atoms with Crippen LogP contribution in [0.3, 0.4) is 0 Å². The predicted molar refractivity (Wildman–Crippen MR) is 160 cm³/mol. The molecular formula is C30H37N5O5S2+2. The van der Waals surface area contributed by atoms with Gasteiger partial charge in [0.25, 0.3) is 5.91 Å². The zero-order chi connectivity index (χ0) is 29.8. The number of primary amides is 1. The molecule has 6 heterocycles. The van der Waals surface area contributed by atoms with Crippen molar-refractivity contribution in [2.75, 3.05) is 58.1 Å². The van der Waals surface area contributed by atoms with E-state index in [2.05, 4.69) is 30.0 Å². The van der Waals surface area contributed by atoms with Gasteiger partial charge in [-0.2, -0.15) is 0 Å². The summed E-state index contributed by atoms with van der Waals surface area (Å²) in [6.45, 7) is 11.4. The van der Waals surface area contributed by atoms with Crippen molar-refractivity contribution in [3.05, 3.63) is 35.0 Å². The number of aliphatic carboxylic acids is 1. The minimum atomic E-state index is -1.17. The van der Waals surface area contributed by atoms with E-state index in [1.54, 1.807) is 18.3 Å². The van der Waals surface area contributed by atoms with E-state index in [9.17, 15) is 24.6 Å². The molecule has 2 bridgehead atoms. The second-order valence-corrected chi connectivity index (χ2v) is 14.6. The van der Waals surface area contributed by atoms with Crippen LogP contribution in [0.1, 0.15) is 19.4 Å². The molecular weight excluding hydrogens is 574 g/mol. The number of carbonyl (C=O) groups is 3. The maximum absolute atomic E-state index is 12.5. The van der Waals surface area contributed by atoms with E-state index < -0.39 is 18.0 Å². The predicted octanol–water partition coefficient (Wildman–Crippen LogP) is 1.28. The monoisotopic (exact) mass is 611 g/mol. The average Bonchev–Trinajstić information content (AvgIpc) is 3.46. The van der Waals surface area contributed by atoms with Gasteiger partial charge in [0, 0.05) is 17.9 Å². The lowest BCUT2D eigenvalue weighted by atomic mass is 9.78. The maximum atomic E-state index is 12.5. The smallest absolute Gasteiger partial charge is 0.353 e. The van der Waals surface area contributed by atoms with Gasteiger partial charge in [0.1, 0.15) is 45.0 Å². The molecule has 2 amide bonds. The molecule has 0 spiro atoms. The van der Waals surface area contributed by atoms with Crippen LogP contribution in [-0.4, -0.2) is 117 Å². The van der Waals surface area contributed by atoms with Gasteiger partial charge in [-0.3, -0.25) is 9.59 Å². The minimum Gasteiger partial charge on any atom is -0.477 e. The fourth-order valence-corrected chi connectivity index (χ4v) is 9.13. The molecule has 5 aliphatic rings. The van der Waals surface area contributed by atoms with Crippen LogP contribution in [0.2, 0.25) is 0 Å². The van der Waals surface area contributed by atoms with Crippen molar-refractivity contribution in [2.24, 2.45) is 17.6 Å². The number of carboxylic acids is 1. The molecule has 4 saturated heterocycles. The third kappa shape index (κ3) is 5.11. The van der Waals surface area contributed by atoms with Crippen LogP contribution in [0.15, 0.2) is 33.8 Å². The second-order valence-electron chi connectivity index (χ2n) is 12.3. The molecule has 1 aromatic heterocycles. The fourth-order valence-electron chi connectivity index (χ4n) is 7.34. The molecule has 4 fully saturated rings. The number of carboxylic acid groups (broad SMARTS) is 1. The third-order valence-electron chi connectivity index (χ3n) is 9.81. The van der Waals surface area contributed by atoms with Gasteiger partial charge in [-0.05, 0) is 24.6 Å². The number of nitrogens with two attached hydrogens (primary N) is 1. The molecule has 10 nitrogen and oxygen atoms in total. The first-order valence-electron chi connectivity index (χ1n) is 14.5. The van der Waals surface area contributed by atoms with E-state index in [0.717, 1.165) is 75.8 Å². The number of aliphatic hydroxyl groups excluding tert-OH is 1. The lowest BCUT2D eigenvalue weighted by Crippen LogP contribution is -2.76. The molecule has 222 valence electrons. The molecule has 0 radical (unpaired) electrons. The van der Waals surface area contributed by atoms with Crippen molar-refractivity contribution in [3.63, 3.8) is 0 Å². The summed E-state index contributed by atoms with van der Waals surface area (Å²) >= 11 is 3.15. The van der Waals surface area contributed by atoms with Gasteiger partial charge in [-0.1, -0.05) is 36.6 Å². The maximum Gasteiger partial charge on any atom is 0.353 e. The number of aromatic nitrogens is 1. The Hall–Kier alpha value is -2.95. The van der Waals surface area contributed by atoms with Gasteiger partial charge in [-0.25, -0.2) is 9.78 Å². The number of benzene rings is 1. The van der Waals surface area contributed by atoms with Gasteiger partial charge in [0.2, 0.25) is 5.91 Å². The Labute approximate surface area is 253 Å². The SMILES string of the molecule is CC(O)C1C(=O)N2C(C(=O)O)=C(C#CCSc3nc4cc(CC[N+]56CC[N+](CC(N)=O)(CC5)CC6)ccc4s3)[C@H](C)C12. The molecule has 5 aliphatic heterocycles. The number of hydrogen-bond acceptors (Lipinski definition) is 7. The molecule has 7 rings (SSSR count). The first-order chi connectivity index (χ1) is 20.0. The van der Waals surface area contributed by atoms with Crippen LogP contribution in [0.5, 0.6) is 0 Å². The highest BCUT2D eigenvalue weighted by Gasteiger charge is 2.59. The number of thiazole rings is 1. The Kier molecular flexibility index (Phi) is 7.60. The normalized spacial score (nSPS) is 30.6. The van der Waals surface area contributed by atoms with E-state index in [0.29, 0.717) is 17.9 Å². The summed E-state index contributed by atoms with van der Waals surface area (Å²) in [5, 5.41) is 19.8. The van der Waals surface area contributed by atoms with E-state index in [1.165, 1.54) is 22.2 Å². The molecule has 0 saturated carbocycles. The molecule has 4 atom stereocenters. The van der Waals surface area contributed by atoms with Crippen LogP contribution >= 0.6 is 23.1 Å². The summed E-state index contributed by atoms with van der Waals surface area (Å²) in [5.41, 5.74) is 8.17. The first kappa shape index (κ1) is 29.1. The van der Waals surface area contributed by atoms with Crippen LogP contribution < -0.4 is 5.73 Å². The van der Waals surface area contributed by atoms with Gasteiger partial charge in [0.05, 0.1) is 40.6 Å². The van der Waals surface area contributed by atoms with E-state index in [-0.39, 0.29) is 29.5 Å². The Bertz CT molecular complexity index is 1530. The number of β-lactam (4-membered cyclic amide) rings is 1. The van der Waals surface area contributed by atoms with Gasteiger partial charge >= 0.3 is 5.97 Å². The highest BCUT2D eigenvalue weighted by Crippen LogP contribution is 2.46. The standard InChI is InChI=1S/C30H35N5O5S2/c1-18-21(27(29(39)40)33-26(18)25(19(2)36)28(33)38)4-3-15-41-30-32-22-16-20(5-6-23(22)42-30)7-8-34-9-12-35(13-10-34,14-11-34)17-24(31)37/h5-6,16,18-19,25-26,36H,7-15,17H2,1-2H3,(H-2,31,37,39,40)/p+2/t18-,19?,25?,26?,34?,35?/m0/s1. The first-order valence-corrected chi connectivity index (χ1v) is 16.3. The summed E-state index contributed by atoms with van der Waals surface area (Å²) in [7, 11) is 0. The number of amides is 2. The molecule has 2 aromatic rings. The highest BCUT2D eigenvalue weighted by molar-refractivity contribution is 8.01. The lowest BCUT2D eigenvalue weighted by molar-refractivity contribution is -1.08. The quantitative estimate of drug-likeness (QED) is 0.168. The Morgan fingerprint density at radius 3 is 2.55 bits per heavy atom. The van der Waals surface area contributed by atoms with E-state index >= 15 is 0 Å². The van der Waals surface area contributed by atoms with Crippen molar-refractivity contribution < 1.29 is 33.6 Å². The van der Waals surface area contributed by atoms with Gasteiger partial charge in [-0.15, -0.1) is 11.3 Å². The van der Waals surface area contributed by atoms with E-state index in [1.807, 2.05) is 6.92 Å².